The first kappa shape index (κ1) is 28.5. The molecule has 0 spiro atoms. The fourth-order valence-electron chi connectivity index (χ4n) is 4.68. The number of alkyl halides is 3. The molecule has 1 aliphatic heterocycles. The third-order valence-electron chi connectivity index (χ3n) is 6.79. The van der Waals surface area contributed by atoms with Crippen molar-refractivity contribution in [2.24, 2.45) is 0 Å². The van der Waals surface area contributed by atoms with Gasteiger partial charge in [-0.15, -0.1) is 0 Å². The van der Waals surface area contributed by atoms with Crippen molar-refractivity contribution in [3.05, 3.63) is 59.8 Å². The molecule has 11 nitrogen and oxygen atoms in total. The molecule has 41 heavy (non-hydrogen) atoms. The molecule has 1 aliphatic rings. The molecule has 0 unspecified atom stereocenters. The topological polar surface area (TPSA) is 122 Å². The van der Waals surface area contributed by atoms with Crippen molar-refractivity contribution in [3.63, 3.8) is 0 Å². The summed E-state index contributed by atoms with van der Waals surface area (Å²) in [6, 6.07) is 5.33. The van der Waals surface area contributed by atoms with Gasteiger partial charge in [-0.25, -0.2) is 9.97 Å². The van der Waals surface area contributed by atoms with E-state index < -0.39 is 11.9 Å². The zero-order valence-electron chi connectivity index (χ0n) is 22.5. The number of nitrogens with zero attached hydrogens (tertiary/aromatic N) is 5. The number of benzene rings is 1. The van der Waals surface area contributed by atoms with Crippen molar-refractivity contribution in [1.29, 1.82) is 0 Å². The van der Waals surface area contributed by atoms with Crippen LogP contribution in [-0.4, -0.2) is 88.0 Å². The van der Waals surface area contributed by atoms with Gasteiger partial charge in [0.05, 0.1) is 43.9 Å². The first-order valence-corrected chi connectivity index (χ1v) is 13.3. The van der Waals surface area contributed by atoms with Gasteiger partial charge in [-0.2, -0.15) is 18.3 Å². The van der Waals surface area contributed by atoms with Crippen LogP contribution in [0.25, 0.3) is 16.9 Å². The molecule has 0 bridgehead atoms. The van der Waals surface area contributed by atoms with E-state index in [0.29, 0.717) is 48.9 Å². The van der Waals surface area contributed by atoms with Crippen LogP contribution >= 0.6 is 0 Å². The van der Waals surface area contributed by atoms with Crippen LogP contribution in [0, 0.1) is 0 Å². The molecular weight excluding hydrogens is 541 g/mol. The number of hydrogen-bond donors (Lipinski definition) is 3. The second-order valence-electron chi connectivity index (χ2n) is 9.43. The summed E-state index contributed by atoms with van der Waals surface area (Å²) in [6.45, 7) is 7.52. The monoisotopic (exact) mass is 572 g/mol. The summed E-state index contributed by atoms with van der Waals surface area (Å²) < 4.78 is 52.7. The van der Waals surface area contributed by atoms with E-state index in [-0.39, 0.29) is 17.2 Å². The smallest absolute Gasteiger partial charge is 0.379 e. The van der Waals surface area contributed by atoms with Gasteiger partial charge in [0.1, 0.15) is 0 Å². The van der Waals surface area contributed by atoms with Gasteiger partial charge < -0.3 is 20.1 Å². The van der Waals surface area contributed by atoms with Crippen LogP contribution in [0.5, 0.6) is 0 Å². The molecular formula is C27H31F3N8O3. The fourth-order valence-corrected chi connectivity index (χ4v) is 4.68. The lowest BCUT2D eigenvalue weighted by atomic mass is 10.0. The maximum Gasteiger partial charge on any atom is 0.435 e. The number of carbonyl (C=O) groups excluding carboxylic acids is 1. The van der Waals surface area contributed by atoms with E-state index >= 15 is 0 Å². The predicted molar refractivity (Wildman–Crippen MR) is 145 cm³/mol. The number of H-pyrrole nitrogens is 1. The van der Waals surface area contributed by atoms with Crippen molar-refractivity contribution >= 4 is 23.1 Å². The molecule has 0 aliphatic carbocycles. The Hall–Kier alpha value is -4.01. The van der Waals surface area contributed by atoms with Crippen molar-refractivity contribution in [3.8, 4) is 11.3 Å². The number of carbonyl (C=O) groups is 1. The third kappa shape index (κ3) is 6.66. The SMILES string of the molecule is CCc1cc(Nc2nccn3c(-c4c[nH]nc4C(F)(F)F)cnc23)ccc1C(=O)NCCOCCN1CCOCC1. The van der Waals surface area contributed by atoms with Crippen molar-refractivity contribution in [2.45, 2.75) is 19.5 Å². The molecule has 1 fully saturated rings. The molecule has 14 heteroatoms. The van der Waals surface area contributed by atoms with Gasteiger partial charge >= 0.3 is 6.18 Å². The Bertz CT molecular complexity index is 1480. The van der Waals surface area contributed by atoms with Crippen LogP contribution in [0.2, 0.25) is 0 Å². The summed E-state index contributed by atoms with van der Waals surface area (Å²) in [7, 11) is 0. The zero-order chi connectivity index (χ0) is 28.8. The quantitative estimate of drug-likeness (QED) is 0.234. The van der Waals surface area contributed by atoms with E-state index in [4.69, 9.17) is 9.47 Å². The molecule has 4 heterocycles. The number of anilines is 2. The van der Waals surface area contributed by atoms with E-state index in [1.54, 1.807) is 12.1 Å². The molecule has 1 amide bonds. The largest absolute Gasteiger partial charge is 0.435 e. The van der Waals surface area contributed by atoms with Gasteiger partial charge in [0.15, 0.2) is 17.2 Å². The number of aryl methyl sites for hydroxylation is 1. The highest BCUT2D eigenvalue weighted by Gasteiger charge is 2.37. The standard InChI is InChI=1S/C27H31F3N8O3/c1-2-18-15-19(3-4-20(18)26(39)32-6-11-40-12-8-37-9-13-41-14-10-37)35-24-25-33-17-22(38(25)7-5-31-24)21-16-34-36-23(21)27(28,29)30/h3-5,7,15-17H,2,6,8-14H2,1H3,(H,31,35)(H,32,39)(H,34,36). The average molecular weight is 573 g/mol. The Balaban J connectivity index is 1.22. The second kappa shape index (κ2) is 12.7. The van der Waals surface area contributed by atoms with Crippen LogP contribution in [-0.2, 0) is 22.1 Å². The number of halogens is 3. The van der Waals surface area contributed by atoms with Crippen molar-refractivity contribution < 1.29 is 27.4 Å². The first-order valence-electron chi connectivity index (χ1n) is 13.3. The highest BCUT2D eigenvalue weighted by molar-refractivity contribution is 5.96. The van der Waals surface area contributed by atoms with Crippen molar-refractivity contribution in [2.75, 3.05) is 57.9 Å². The Morgan fingerprint density at radius 2 is 2.02 bits per heavy atom. The molecule has 1 aromatic carbocycles. The van der Waals surface area contributed by atoms with Crippen LogP contribution in [0.1, 0.15) is 28.5 Å². The normalized spacial score (nSPS) is 14.4. The van der Waals surface area contributed by atoms with E-state index in [2.05, 4.69) is 35.7 Å². The Morgan fingerprint density at radius 1 is 1.20 bits per heavy atom. The fraction of sp³-hybridized carbons (Fsp3) is 0.407. The second-order valence-corrected chi connectivity index (χ2v) is 9.43. The molecule has 3 aromatic heterocycles. The highest BCUT2D eigenvalue weighted by Crippen LogP contribution is 2.36. The van der Waals surface area contributed by atoms with Gasteiger partial charge in [0.2, 0.25) is 0 Å². The number of amides is 1. The van der Waals surface area contributed by atoms with E-state index in [0.717, 1.165) is 38.4 Å². The van der Waals surface area contributed by atoms with Crippen LogP contribution < -0.4 is 10.6 Å². The number of hydrogen-bond acceptors (Lipinski definition) is 8. The molecule has 5 rings (SSSR count). The van der Waals surface area contributed by atoms with Gasteiger partial charge in [-0.05, 0) is 30.2 Å². The average Bonchev–Trinajstić information content (AvgIpc) is 3.63. The molecule has 0 radical (unpaired) electrons. The van der Waals surface area contributed by atoms with Crippen LogP contribution in [0.15, 0.2) is 43.0 Å². The Kier molecular flexibility index (Phi) is 8.81. The highest BCUT2D eigenvalue weighted by atomic mass is 19.4. The van der Waals surface area contributed by atoms with E-state index in [1.165, 1.54) is 29.2 Å². The third-order valence-corrected chi connectivity index (χ3v) is 6.79. The summed E-state index contributed by atoms with van der Waals surface area (Å²) in [5, 5.41) is 11.7. The lowest BCUT2D eigenvalue weighted by molar-refractivity contribution is -0.140. The van der Waals surface area contributed by atoms with Gasteiger partial charge in [0, 0.05) is 56.0 Å². The molecule has 4 aromatic rings. The summed E-state index contributed by atoms with van der Waals surface area (Å²) in [6.07, 6.45) is 1.54. The van der Waals surface area contributed by atoms with Crippen LogP contribution in [0.3, 0.4) is 0 Å². The number of aromatic amines is 1. The summed E-state index contributed by atoms with van der Waals surface area (Å²) in [4.78, 5) is 23.8. The number of ether oxygens (including phenoxy) is 2. The van der Waals surface area contributed by atoms with Crippen LogP contribution in [0.4, 0.5) is 24.7 Å². The van der Waals surface area contributed by atoms with Gasteiger partial charge in [-0.3, -0.25) is 19.2 Å². The first-order chi connectivity index (χ1) is 19.8. The lowest BCUT2D eigenvalue weighted by Crippen LogP contribution is -2.38. The Labute approximate surface area is 234 Å². The zero-order valence-corrected chi connectivity index (χ0v) is 22.5. The predicted octanol–water partition coefficient (Wildman–Crippen LogP) is 3.52. The Morgan fingerprint density at radius 3 is 2.80 bits per heavy atom. The molecule has 1 saturated heterocycles. The minimum Gasteiger partial charge on any atom is -0.379 e. The van der Waals surface area contributed by atoms with E-state index in [1.807, 2.05) is 13.0 Å². The van der Waals surface area contributed by atoms with Crippen molar-refractivity contribution in [1.82, 2.24) is 34.8 Å². The molecule has 0 saturated carbocycles. The molecule has 218 valence electrons. The molecule has 0 atom stereocenters. The number of nitrogens with one attached hydrogen (secondary N) is 3. The van der Waals surface area contributed by atoms with E-state index in [9.17, 15) is 18.0 Å². The summed E-state index contributed by atoms with van der Waals surface area (Å²) in [5.74, 6) is 0.160. The maximum atomic E-state index is 13.4. The maximum absolute atomic E-state index is 13.4. The summed E-state index contributed by atoms with van der Waals surface area (Å²) >= 11 is 0. The van der Waals surface area contributed by atoms with Gasteiger partial charge in [-0.1, -0.05) is 6.92 Å². The number of aromatic nitrogens is 5. The number of fused-ring (bicyclic) bond motifs is 1. The number of imidazole rings is 1. The summed E-state index contributed by atoms with van der Waals surface area (Å²) in [5.41, 5.74) is 1.46. The minimum absolute atomic E-state index is 0.117. The minimum atomic E-state index is -4.62. The van der Waals surface area contributed by atoms with Gasteiger partial charge in [0.25, 0.3) is 5.91 Å². The number of rotatable bonds is 11. The number of morpholine rings is 1. The molecule has 3 N–H and O–H groups in total. The lowest BCUT2D eigenvalue weighted by Gasteiger charge is -2.26.